The Hall–Kier alpha value is -2.42. The fourth-order valence-corrected chi connectivity index (χ4v) is 1.45. The maximum atomic E-state index is 8.85. The van der Waals surface area contributed by atoms with Crippen LogP contribution in [0.25, 0.3) is 0 Å². The number of aromatic nitrogens is 4. The highest BCUT2D eigenvalue weighted by molar-refractivity contribution is 5.49. The SMILES string of the molecule is N#Cc1ccnnc1NCCCc1ncc[nH]1. The molecule has 2 aromatic rings. The lowest BCUT2D eigenvalue weighted by Gasteiger charge is -2.04. The van der Waals surface area contributed by atoms with Crippen LogP contribution in [0.3, 0.4) is 0 Å². The van der Waals surface area contributed by atoms with Crippen molar-refractivity contribution in [3.05, 3.63) is 36.0 Å². The summed E-state index contributed by atoms with van der Waals surface area (Å²) in [7, 11) is 0. The van der Waals surface area contributed by atoms with Crippen molar-refractivity contribution in [1.29, 1.82) is 5.26 Å². The molecule has 2 rings (SSSR count). The van der Waals surface area contributed by atoms with Crippen LogP contribution in [0.5, 0.6) is 0 Å². The van der Waals surface area contributed by atoms with E-state index in [4.69, 9.17) is 5.26 Å². The highest BCUT2D eigenvalue weighted by Gasteiger charge is 2.02. The van der Waals surface area contributed by atoms with Gasteiger partial charge in [0.2, 0.25) is 0 Å². The van der Waals surface area contributed by atoms with Crippen molar-refractivity contribution in [2.45, 2.75) is 12.8 Å². The fourth-order valence-electron chi connectivity index (χ4n) is 1.45. The Kier molecular flexibility index (Phi) is 3.65. The number of H-pyrrole nitrogens is 1. The molecule has 6 nitrogen and oxygen atoms in total. The summed E-state index contributed by atoms with van der Waals surface area (Å²) in [6.45, 7) is 0.730. The van der Waals surface area contributed by atoms with Crippen LogP contribution in [0.2, 0.25) is 0 Å². The molecule has 0 unspecified atom stereocenters. The number of anilines is 1. The third-order valence-electron chi connectivity index (χ3n) is 2.28. The van der Waals surface area contributed by atoms with Crippen molar-refractivity contribution >= 4 is 5.82 Å². The lowest BCUT2D eigenvalue weighted by atomic mass is 10.2. The van der Waals surface area contributed by atoms with Gasteiger partial charge in [-0.2, -0.15) is 10.4 Å². The van der Waals surface area contributed by atoms with E-state index in [-0.39, 0.29) is 0 Å². The van der Waals surface area contributed by atoms with Gasteiger partial charge >= 0.3 is 0 Å². The van der Waals surface area contributed by atoms with Crippen molar-refractivity contribution < 1.29 is 0 Å². The molecule has 2 N–H and O–H groups in total. The van der Waals surface area contributed by atoms with Gasteiger partial charge in [-0.1, -0.05) is 0 Å². The van der Waals surface area contributed by atoms with E-state index in [1.54, 1.807) is 18.5 Å². The van der Waals surface area contributed by atoms with E-state index in [1.807, 2.05) is 0 Å². The molecule has 0 atom stereocenters. The molecule has 0 fully saturated rings. The zero-order valence-electron chi connectivity index (χ0n) is 9.22. The number of hydrogen-bond acceptors (Lipinski definition) is 5. The van der Waals surface area contributed by atoms with E-state index < -0.39 is 0 Å². The van der Waals surface area contributed by atoms with Crippen LogP contribution in [-0.2, 0) is 6.42 Å². The summed E-state index contributed by atoms with van der Waals surface area (Å²) in [5.41, 5.74) is 0.512. The summed E-state index contributed by atoms with van der Waals surface area (Å²) in [6, 6.07) is 3.71. The molecule has 0 aliphatic rings. The number of rotatable bonds is 5. The number of nitrogens with zero attached hydrogens (tertiary/aromatic N) is 4. The zero-order chi connectivity index (χ0) is 11.9. The van der Waals surface area contributed by atoms with Crippen LogP contribution in [-0.4, -0.2) is 26.7 Å². The van der Waals surface area contributed by atoms with E-state index in [1.165, 1.54) is 6.20 Å². The molecule has 17 heavy (non-hydrogen) atoms. The van der Waals surface area contributed by atoms with Crippen LogP contribution >= 0.6 is 0 Å². The van der Waals surface area contributed by atoms with Crippen LogP contribution < -0.4 is 5.32 Å². The Morgan fingerprint density at radius 1 is 1.41 bits per heavy atom. The molecule has 0 aromatic carbocycles. The first-order chi connectivity index (χ1) is 8.40. The van der Waals surface area contributed by atoms with E-state index in [9.17, 15) is 0 Å². The molecule has 0 aliphatic heterocycles. The molecule has 2 aromatic heterocycles. The molecule has 2 heterocycles. The highest BCUT2D eigenvalue weighted by atomic mass is 15.2. The van der Waals surface area contributed by atoms with Gasteiger partial charge in [0.1, 0.15) is 11.9 Å². The molecule has 86 valence electrons. The van der Waals surface area contributed by atoms with E-state index in [0.717, 1.165) is 25.2 Å². The van der Waals surface area contributed by atoms with E-state index in [0.29, 0.717) is 11.4 Å². The maximum Gasteiger partial charge on any atom is 0.166 e. The Morgan fingerprint density at radius 3 is 3.12 bits per heavy atom. The van der Waals surface area contributed by atoms with Crippen LogP contribution in [0.15, 0.2) is 24.7 Å². The van der Waals surface area contributed by atoms with Crippen molar-refractivity contribution in [2.75, 3.05) is 11.9 Å². The number of aryl methyl sites for hydroxylation is 1. The third kappa shape index (κ3) is 3.01. The van der Waals surface area contributed by atoms with Gasteiger partial charge in [0.25, 0.3) is 0 Å². The standard InChI is InChI=1S/C11H12N6/c12-8-9-3-5-16-17-11(9)15-4-1-2-10-13-6-7-14-10/h3,5-7H,1-2,4H2,(H,13,14)(H,15,17). The molecule has 0 saturated heterocycles. The highest BCUT2D eigenvalue weighted by Crippen LogP contribution is 2.08. The summed E-state index contributed by atoms with van der Waals surface area (Å²) in [4.78, 5) is 7.17. The van der Waals surface area contributed by atoms with Crippen molar-refractivity contribution in [2.24, 2.45) is 0 Å². The maximum absolute atomic E-state index is 8.85. The summed E-state index contributed by atoms with van der Waals surface area (Å²) in [5, 5.41) is 19.6. The Bertz CT molecular complexity index is 499. The predicted molar refractivity (Wildman–Crippen MR) is 62.1 cm³/mol. The normalized spacial score (nSPS) is 9.82. The molecule has 0 amide bonds. The van der Waals surface area contributed by atoms with Gasteiger partial charge in [-0.05, 0) is 12.5 Å². The van der Waals surface area contributed by atoms with Crippen LogP contribution in [0.1, 0.15) is 17.8 Å². The van der Waals surface area contributed by atoms with Gasteiger partial charge in [-0.15, -0.1) is 5.10 Å². The zero-order valence-corrected chi connectivity index (χ0v) is 9.22. The van der Waals surface area contributed by atoms with Gasteiger partial charge in [0.05, 0.1) is 11.8 Å². The third-order valence-corrected chi connectivity index (χ3v) is 2.28. The van der Waals surface area contributed by atoms with Crippen LogP contribution in [0, 0.1) is 11.3 Å². The molecular formula is C11H12N6. The van der Waals surface area contributed by atoms with Crippen LogP contribution in [0.4, 0.5) is 5.82 Å². The fraction of sp³-hybridized carbons (Fsp3) is 0.273. The Labute approximate surface area is 98.7 Å². The second kappa shape index (κ2) is 5.61. The summed E-state index contributed by atoms with van der Waals surface area (Å²) < 4.78 is 0. The molecule has 0 aliphatic carbocycles. The van der Waals surface area contributed by atoms with Gasteiger partial charge in [0, 0.05) is 25.4 Å². The van der Waals surface area contributed by atoms with E-state index in [2.05, 4.69) is 31.6 Å². The largest absolute Gasteiger partial charge is 0.367 e. The molecule has 0 bridgehead atoms. The van der Waals surface area contributed by atoms with E-state index >= 15 is 0 Å². The van der Waals surface area contributed by atoms with Gasteiger partial charge < -0.3 is 10.3 Å². The monoisotopic (exact) mass is 228 g/mol. The lowest BCUT2D eigenvalue weighted by Crippen LogP contribution is -2.07. The minimum absolute atomic E-state index is 0.512. The molecule has 0 radical (unpaired) electrons. The summed E-state index contributed by atoms with van der Waals surface area (Å²) in [5.74, 6) is 1.50. The van der Waals surface area contributed by atoms with Gasteiger partial charge in [-0.3, -0.25) is 0 Å². The minimum Gasteiger partial charge on any atom is -0.367 e. The van der Waals surface area contributed by atoms with Crippen molar-refractivity contribution in [1.82, 2.24) is 20.2 Å². The second-order valence-electron chi connectivity index (χ2n) is 3.47. The number of aromatic amines is 1. The Morgan fingerprint density at radius 2 is 2.35 bits per heavy atom. The molecule has 0 spiro atoms. The van der Waals surface area contributed by atoms with Gasteiger partial charge in [0.15, 0.2) is 5.82 Å². The van der Waals surface area contributed by atoms with Gasteiger partial charge in [-0.25, -0.2) is 4.98 Å². The predicted octanol–water partition coefficient (Wildman–Crippen LogP) is 1.12. The minimum atomic E-state index is 0.512. The first-order valence-electron chi connectivity index (χ1n) is 5.34. The number of nitriles is 1. The smallest absolute Gasteiger partial charge is 0.166 e. The summed E-state index contributed by atoms with van der Waals surface area (Å²) in [6.07, 6.45) is 6.82. The number of hydrogen-bond donors (Lipinski definition) is 2. The molecular weight excluding hydrogens is 216 g/mol. The summed E-state index contributed by atoms with van der Waals surface area (Å²) >= 11 is 0. The lowest BCUT2D eigenvalue weighted by molar-refractivity contribution is 0.810. The van der Waals surface area contributed by atoms with Crippen molar-refractivity contribution in [3.8, 4) is 6.07 Å². The average Bonchev–Trinajstić information content (AvgIpc) is 2.88. The number of imidazole rings is 1. The average molecular weight is 228 g/mol. The first-order valence-corrected chi connectivity index (χ1v) is 5.34. The second-order valence-corrected chi connectivity index (χ2v) is 3.47. The topological polar surface area (TPSA) is 90.3 Å². The first kappa shape index (κ1) is 11.1. The number of nitrogens with one attached hydrogen (secondary N) is 2. The molecule has 6 heteroatoms. The quantitative estimate of drug-likeness (QED) is 0.748. The van der Waals surface area contributed by atoms with Crippen molar-refractivity contribution in [3.63, 3.8) is 0 Å². The Balaban J connectivity index is 1.80. The molecule has 0 saturated carbocycles.